The van der Waals surface area contributed by atoms with Gasteiger partial charge >= 0.3 is 0 Å². The second-order valence-electron chi connectivity index (χ2n) is 10.8. The molecule has 2 aliphatic heterocycles. The van der Waals surface area contributed by atoms with E-state index < -0.39 is 11.4 Å². The molecule has 0 saturated heterocycles. The van der Waals surface area contributed by atoms with Crippen LogP contribution in [0, 0.1) is 11.8 Å². The van der Waals surface area contributed by atoms with Gasteiger partial charge < -0.3 is 19.3 Å². The maximum absolute atomic E-state index is 13.1. The van der Waals surface area contributed by atoms with Gasteiger partial charge in [0.25, 0.3) is 5.91 Å². The molecule has 2 bridgehead atoms. The standard InChI is InChI=1S/C30H37ClN2O4S/c1-20-6-2-3-8-28(34)26-13-10-23(26)18-33-15-5-4-7-21-16-25(31)12-9-24(21)19-37-29-14-11-22(17-27(29)33)30(35)32-38(20)36/h2-3,9,11-12,14,16-17,20,23,26,28,34H,4-8,10,13,15,18-19H2,1H3,(H,32,35)/b3-2+/t20-,23+,26-,28-,38?/m1/s1. The lowest BCUT2D eigenvalue weighted by molar-refractivity contribution is 0.0180. The Labute approximate surface area is 233 Å². The van der Waals surface area contributed by atoms with Crippen LogP contribution in [0.3, 0.4) is 0 Å². The van der Waals surface area contributed by atoms with Gasteiger partial charge in [0.2, 0.25) is 0 Å². The number of aliphatic hydroxyl groups excluding tert-OH is 1. The van der Waals surface area contributed by atoms with E-state index in [0.717, 1.165) is 67.2 Å². The lowest BCUT2D eigenvalue weighted by atomic mass is 9.69. The molecule has 0 aromatic heterocycles. The van der Waals surface area contributed by atoms with Gasteiger partial charge in [-0.25, -0.2) is 0 Å². The minimum atomic E-state index is -1.52. The quantitative estimate of drug-likeness (QED) is 0.327. The Hall–Kier alpha value is -2.19. The van der Waals surface area contributed by atoms with E-state index in [1.165, 1.54) is 5.56 Å². The smallest absolute Gasteiger partial charge is 0.292 e. The molecule has 1 amide bonds. The summed E-state index contributed by atoms with van der Waals surface area (Å²) in [5.41, 5.74) is 3.67. The van der Waals surface area contributed by atoms with E-state index in [0.29, 0.717) is 30.9 Å². The van der Waals surface area contributed by atoms with Crippen molar-refractivity contribution < 1.29 is 19.2 Å². The zero-order chi connectivity index (χ0) is 26.6. The first kappa shape index (κ1) is 27.4. The SMILES string of the molecule is C[C@@H]1C/C=C/C[C@@H](O)[C@@H]2CC[C@H]2CN2CCCCc3cc(Cl)ccc3COc3ccc(cc32)C(=O)N[S+]1[O-]. The second kappa shape index (κ2) is 12.3. The van der Waals surface area contributed by atoms with Crippen molar-refractivity contribution in [3.63, 3.8) is 0 Å². The molecule has 8 heteroatoms. The minimum absolute atomic E-state index is 0.231. The van der Waals surface area contributed by atoms with Crippen LogP contribution in [0.2, 0.25) is 5.02 Å². The van der Waals surface area contributed by atoms with Crippen LogP contribution in [0.5, 0.6) is 5.75 Å². The topological polar surface area (TPSA) is 84.9 Å². The fourth-order valence-electron chi connectivity index (χ4n) is 5.73. The summed E-state index contributed by atoms with van der Waals surface area (Å²) in [5, 5.41) is 11.5. The number of rotatable bonds is 0. The summed E-state index contributed by atoms with van der Waals surface area (Å²) in [4.78, 5) is 15.5. The Bertz CT molecular complexity index is 1170. The van der Waals surface area contributed by atoms with Crippen molar-refractivity contribution in [1.82, 2.24) is 4.72 Å². The highest BCUT2D eigenvalue weighted by Crippen LogP contribution is 2.41. The van der Waals surface area contributed by atoms with E-state index in [9.17, 15) is 14.5 Å². The summed E-state index contributed by atoms with van der Waals surface area (Å²) in [6.45, 7) is 3.89. The first-order valence-corrected chi connectivity index (χ1v) is 15.3. The highest BCUT2D eigenvalue weighted by atomic mass is 35.5. The second-order valence-corrected chi connectivity index (χ2v) is 12.9. The Balaban J connectivity index is 1.50. The van der Waals surface area contributed by atoms with Gasteiger partial charge in [0.1, 0.15) is 17.6 Å². The zero-order valence-corrected chi connectivity index (χ0v) is 23.5. The first-order valence-electron chi connectivity index (χ1n) is 13.7. The molecule has 2 aromatic rings. The van der Waals surface area contributed by atoms with Gasteiger partial charge in [-0.3, -0.25) is 4.79 Å². The van der Waals surface area contributed by atoms with Gasteiger partial charge in [-0.15, -0.1) is 0 Å². The molecule has 1 unspecified atom stereocenters. The molecule has 2 aromatic carbocycles. The largest absolute Gasteiger partial charge is 0.593 e. The molecule has 0 radical (unpaired) electrons. The van der Waals surface area contributed by atoms with Gasteiger partial charge in [0.15, 0.2) is 0 Å². The van der Waals surface area contributed by atoms with Crippen molar-refractivity contribution in [1.29, 1.82) is 0 Å². The number of hydrogen-bond acceptors (Lipinski definition) is 5. The number of halogens is 1. The van der Waals surface area contributed by atoms with Crippen molar-refractivity contribution in [2.45, 2.75) is 69.8 Å². The normalized spacial score (nSPS) is 29.4. The van der Waals surface area contributed by atoms with E-state index in [2.05, 4.69) is 9.62 Å². The lowest BCUT2D eigenvalue weighted by Gasteiger charge is -2.43. The minimum Gasteiger partial charge on any atom is -0.593 e. The Morgan fingerprint density at radius 1 is 1.11 bits per heavy atom. The highest BCUT2D eigenvalue weighted by Gasteiger charge is 2.37. The van der Waals surface area contributed by atoms with Crippen LogP contribution >= 0.6 is 11.6 Å². The number of fused-ring (bicyclic) bond motifs is 3. The van der Waals surface area contributed by atoms with Gasteiger partial charge in [-0.2, -0.15) is 4.72 Å². The van der Waals surface area contributed by atoms with Crippen molar-refractivity contribution in [2.24, 2.45) is 11.8 Å². The summed E-state index contributed by atoms with van der Waals surface area (Å²) < 4.78 is 21.9. The molecule has 5 atom stereocenters. The molecule has 204 valence electrons. The van der Waals surface area contributed by atoms with Crippen LogP contribution in [-0.2, 0) is 24.4 Å². The predicted molar refractivity (Wildman–Crippen MR) is 153 cm³/mol. The number of amides is 1. The third-order valence-electron chi connectivity index (χ3n) is 8.23. The molecule has 2 heterocycles. The van der Waals surface area contributed by atoms with E-state index in [1.807, 2.05) is 49.4 Å². The van der Waals surface area contributed by atoms with Gasteiger partial charge in [0, 0.05) is 30.1 Å². The number of nitrogens with zero attached hydrogens (tertiary/aromatic N) is 1. The zero-order valence-electron chi connectivity index (χ0n) is 21.9. The number of aryl methyl sites for hydroxylation is 1. The molecule has 3 aliphatic rings. The van der Waals surface area contributed by atoms with Crippen molar-refractivity contribution >= 4 is 34.6 Å². The van der Waals surface area contributed by atoms with Crippen LogP contribution in [0.15, 0.2) is 48.6 Å². The molecular formula is C30H37ClN2O4S. The first-order chi connectivity index (χ1) is 18.4. The molecule has 2 N–H and O–H groups in total. The van der Waals surface area contributed by atoms with E-state index >= 15 is 0 Å². The maximum atomic E-state index is 13.1. The molecule has 0 spiro atoms. The fraction of sp³-hybridized carbons (Fsp3) is 0.500. The summed E-state index contributed by atoms with van der Waals surface area (Å²) in [5.74, 6) is 1.00. The number of carbonyl (C=O) groups is 1. The molecular weight excluding hydrogens is 520 g/mol. The Morgan fingerprint density at radius 3 is 2.76 bits per heavy atom. The molecule has 38 heavy (non-hydrogen) atoms. The average molecular weight is 557 g/mol. The van der Waals surface area contributed by atoms with Crippen LogP contribution in [-0.4, -0.2) is 40.0 Å². The number of aliphatic hydroxyl groups is 1. The van der Waals surface area contributed by atoms with Crippen molar-refractivity contribution in [3.8, 4) is 5.75 Å². The number of ether oxygens (including phenoxy) is 1. The number of anilines is 1. The van der Waals surface area contributed by atoms with Gasteiger partial charge in [0.05, 0.1) is 23.2 Å². The molecule has 1 saturated carbocycles. The predicted octanol–water partition coefficient (Wildman–Crippen LogP) is 5.58. The summed E-state index contributed by atoms with van der Waals surface area (Å²) in [7, 11) is 0. The summed E-state index contributed by atoms with van der Waals surface area (Å²) in [6.07, 6.45) is 9.77. The van der Waals surface area contributed by atoms with Crippen LogP contribution in [0.4, 0.5) is 5.69 Å². The van der Waals surface area contributed by atoms with Gasteiger partial charge in [-0.05, 0) is 98.7 Å². The number of allylic oxidation sites excluding steroid dienone is 1. The molecule has 1 aliphatic carbocycles. The number of nitrogens with one attached hydrogen (secondary N) is 1. The summed E-state index contributed by atoms with van der Waals surface area (Å²) >= 11 is 4.78. The monoisotopic (exact) mass is 556 g/mol. The molecule has 1 fully saturated rings. The molecule has 5 rings (SSSR count). The number of carbonyl (C=O) groups excluding carboxylic acids is 1. The lowest BCUT2D eigenvalue weighted by Crippen LogP contribution is -2.43. The van der Waals surface area contributed by atoms with E-state index in [4.69, 9.17) is 16.3 Å². The van der Waals surface area contributed by atoms with Gasteiger partial charge in [-0.1, -0.05) is 29.8 Å². The van der Waals surface area contributed by atoms with Crippen molar-refractivity contribution in [2.75, 3.05) is 18.0 Å². The van der Waals surface area contributed by atoms with Crippen LogP contribution < -0.4 is 14.4 Å². The van der Waals surface area contributed by atoms with Crippen LogP contribution in [0.1, 0.15) is 66.9 Å². The van der Waals surface area contributed by atoms with Crippen LogP contribution in [0.25, 0.3) is 0 Å². The number of hydrogen-bond donors (Lipinski definition) is 2. The highest BCUT2D eigenvalue weighted by molar-refractivity contribution is 7.90. The van der Waals surface area contributed by atoms with Crippen molar-refractivity contribution in [3.05, 3.63) is 70.3 Å². The third kappa shape index (κ3) is 6.33. The maximum Gasteiger partial charge on any atom is 0.292 e. The Morgan fingerprint density at radius 2 is 1.95 bits per heavy atom. The number of benzene rings is 2. The average Bonchev–Trinajstić information content (AvgIpc) is 2.91. The summed E-state index contributed by atoms with van der Waals surface area (Å²) in [6, 6.07) is 11.4. The Kier molecular flexibility index (Phi) is 8.88. The van der Waals surface area contributed by atoms with E-state index in [1.54, 1.807) is 6.07 Å². The van der Waals surface area contributed by atoms with E-state index in [-0.39, 0.29) is 23.2 Å². The molecule has 6 nitrogen and oxygen atoms in total. The third-order valence-corrected chi connectivity index (χ3v) is 9.78. The fourth-order valence-corrected chi connectivity index (χ4v) is 6.71.